The fourth-order valence-corrected chi connectivity index (χ4v) is 1.33. The number of anilines is 1. The molecule has 1 aromatic carbocycles. The van der Waals surface area contributed by atoms with Crippen molar-refractivity contribution in [3.63, 3.8) is 0 Å². The third kappa shape index (κ3) is 3.29. The Morgan fingerprint density at radius 2 is 1.82 bits per heavy atom. The van der Waals surface area contributed by atoms with Crippen molar-refractivity contribution in [2.45, 2.75) is 19.9 Å². The van der Waals surface area contributed by atoms with Crippen molar-refractivity contribution in [3.8, 4) is 0 Å². The molecule has 0 radical (unpaired) electrons. The highest BCUT2D eigenvalue weighted by Gasteiger charge is 2.18. The zero-order valence-corrected chi connectivity index (χ0v) is 9.94. The molecule has 5 heteroatoms. The van der Waals surface area contributed by atoms with Gasteiger partial charge in [-0.2, -0.15) is 0 Å². The first-order chi connectivity index (χ1) is 7.93. The number of rotatable bonds is 4. The Labute approximate surface area is 100 Å². The standard InChI is InChI=1S/C12H17N3O2/c1-7(2)10(13)12(17)15-9-6-4-3-5-8(9)11(14)16/h3-7,10H,13H2,1-2H3,(H2,14,16)(H,15,17)/t10-/m1/s1. The van der Waals surface area contributed by atoms with E-state index in [4.69, 9.17) is 11.5 Å². The average Bonchev–Trinajstić information content (AvgIpc) is 2.28. The summed E-state index contributed by atoms with van der Waals surface area (Å²) in [5, 5.41) is 2.61. The lowest BCUT2D eigenvalue weighted by molar-refractivity contribution is -0.118. The van der Waals surface area contributed by atoms with Gasteiger partial charge in [-0.15, -0.1) is 0 Å². The second-order valence-corrected chi connectivity index (χ2v) is 4.17. The van der Waals surface area contributed by atoms with Crippen molar-refractivity contribution in [3.05, 3.63) is 29.8 Å². The first-order valence-corrected chi connectivity index (χ1v) is 5.38. The molecule has 1 aromatic rings. The third-order valence-corrected chi connectivity index (χ3v) is 2.47. The van der Waals surface area contributed by atoms with E-state index in [-0.39, 0.29) is 17.4 Å². The molecule has 0 unspecified atom stereocenters. The van der Waals surface area contributed by atoms with Crippen molar-refractivity contribution < 1.29 is 9.59 Å². The summed E-state index contributed by atoms with van der Waals surface area (Å²) in [6.07, 6.45) is 0. The number of para-hydroxylation sites is 1. The van der Waals surface area contributed by atoms with E-state index in [1.807, 2.05) is 13.8 Å². The Morgan fingerprint density at radius 3 is 2.35 bits per heavy atom. The van der Waals surface area contributed by atoms with Gasteiger partial charge in [-0.05, 0) is 18.1 Å². The Kier molecular flexibility index (Phi) is 4.23. The van der Waals surface area contributed by atoms with Crippen LogP contribution < -0.4 is 16.8 Å². The van der Waals surface area contributed by atoms with Gasteiger partial charge in [-0.3, -0.25) is 9.59 Å². The number of primary amides is 1. The molecule has 0 bridgehead atoms. The number of carbonyl (C=O) groups excluding carboxylic acids is 2. The highest BCUT2D eigenvalue weighted by Crippen LogP contribution is 2.15. The molecule has 5 N–H and O–H groups in total. The van der Waals surface area contributed by atoms with Crippen LogP contribution in [0.4, 0.5) is 5.69 Å². The molecule has 0 saturated carbocycles. The van der Waals surface area contributed by atoms with Gasteiger partial charge in [0, 0.05) is 0 Å². The molecule has 0 fully saturated rings. The molecule has 17 heavy (non-hydrogen) atoms. The van der Waals surface area contributed by atoms with Gasteiger partial charge in [0.05, 0.1) is 17.3 Å². The number of nitrogens with two attached hydrogens (primary N) is 2. The summed E-state index contributed by atoms with van der Waals surface area (Å²) in [4.78, 5) is 22.9. The molecule has 1 rings (SSSR count). The number of hydrogen-bond acceptors (Lipinski definition) is 3. The Hall–Kier alpha value is -1.88. The molecular formula is C12H17N3O2. The molecule has 0 saturated heterocycles. The van der Waals surface area contributed by atoms with Crippen molar-refractivity contribution >= 4 is 17.5 Å². The summed E-state index contributed by atoms with van der Waals surface area (Å²) in [6.45, 7) is 3.70. The Morgan fingerprint density at radius 1 is 1.24 bits per heavy atom. The van der Waals surface area contributed by atoms with E-state index >= 15 is 0 Å². The fraction of sp³-hybridized carbons (Fsp3) is 0.333. The van der Waals surface area contributed by atoms with E-state index in [0.717, 1.165) is 0 Å². The quantitative estimate of drug-likeness (QED) is 0.716. The van der Waals surface area contributed by atoms with E-state index in [2.05, 4.69) is 5.32 Å². The van der Waals surface area contributed by atoms with Crippen LogP contribution in [0.2, 0.25) is 0 Å². The molecule has 0 aromatic heterocycles. The molecule has 0 aliphatic rings. The molecular weight excluding hydrogens is 218 g/mol. The van der Waals surface area contributed by atoms with Gasteiger partial charge < -0.3 is 16.8 Å². The molecule has 5 nitrogen and oxygen atoms in total. The van der Waals surface area contributed by atoms with Crippen LogP contribution in [-0.2, 0) is 4.79 Å². The first-order valence-electron chi connectivity index (χ1n) is 5.38. The molecule has 0 spiro atoms. The average molecular weight is 235 g/mol. The van der Waals surface area contributed by atoms with E-state index in [1.54, 1.807) is 24.3 Å². The number of carbonyl (C=O) groups is 2. The molecule has 92 valence electrons. The van der Waals surface area contributed by atoms with Crippen molar-refractivity contribution in [2.75, 3.05) is 5.32 Å². The van der Waals surface area contributed by atoms with Gasteiger partial charge in [0.15, 0.2) is 0 Å². The summed E-state index contributed by atoms with van der Waals surface area (Å²) in [7, 11) is 0. The SMILES string of the molecule is CC(C)[C@@H](N)C(=O)Nc1ccccc1C(N)=O. The van der Waals surface area contributed by atoms with Crippen LogP contribution in [0.1, 0.15) is 24.2 Å². The lowest BCUT2D eigenvalue weighted by Gasteiger charge is -2.16. The van der Waals surface area contributed by atoms with Crippen LogP contribution in [0.25, 0.3) is 0 Å². The van der Waals surface area contributed by atoms with E-state index < -0.39 is 11.9 Å². The number of amides is 2. The van der Waals surface area contributed by atoms with Crippen LogP contribution in [0, 0.1) is 5.92 Å². The normalized spacial score (nSPS) is 12.2. The fourth-order valence-electron chi connectivity index (χ4n) is 1.33. The number of benzene rings is 1. The maximum Gasteiger partial charge on any atom is 0.250 e. The second kappa shape index (κ2) is 5.45. The van der Waals surface area contributed by atoms with Crippen molar-refractivity contribution in [1.29, 1.82) is 0 Å². The van der Waals surface area contributed by atoms with E-state index in [0.29, 0.717) is 5.69 Å². The van der Waals surface area contributed by atoms with Crippen LogP contribution in [-0.4, -0.2) is 17.9 Å². The maximum absolute atomic E-state index is 11.7. The highest BCUT2D eigenvalue weighted by molar-refractivity contribution is 6.04. The second-order valence-electron chi connectivity index (χ2n) is 4.17. The topological polar surface area (TPSA) is 98.2 Å². The van der Waals surface area contributed by atoms with Gasteiger partial charge in [0.2, 0.25) is 5.91 Å². The van der Waals surface area contributed by atoms with Gasteiger partial charge in [0.25, 0.3) is 5.91 Å². The summed E-state index contributed by atoms with van der Waals surface area (Å²) in [6, 6.07) is 5.95. The van der Waals surface area contributed by atoms with Gasteiger partial charge in [-0.1, -0.05) is 26.0 Å². The maximum atomic E-state index is 11.7. The van der Waals surface area contributed by atoms with Crippen LogP contribution >= 0.6 is 0 Å². The molecule has 0 heterocycles. The predicted octanol–water partition coefficient (Wildman–Crippen LogP) is 0.707. The zero-order valence-electron chi connectivity index (χ0n) is 9.94. The Bertz CT molecular complexity index is 430. The minimum atomic E-state index is -0.615. The summed E-state index contributed by atoms with van der Waals surface area (Å²) in [5.41, 5.74) is 11.6. The Balaban J connectivity index is 2.89. The van der Waals surface area contributed by atoms with Gasteiger partial charge in [-0.25, -0.2) is 0 Å². The van der Waals surface area contributed by atoms with Crippen LogP contribution in [0.3, 0.4) is 0 Å². The van der Waals surface area contributed by atoms with Crippen molar-refractivity contribution in [2.24, 2.45) is 17.4 Å². The van der Waals surface area contributed by atoms with Crippen LogP contribution in [0.15, 0.2) is 24.3 Å². The lowest BCUT2D eigenvalue weighted by atomic mass is 10.0. The number of nitrogens with one attached hydrogen (secondary N) is 1. The van der Waals surface area contributed by atoms with Gasteiger partial charge >= 0.3 is 0 Å². The monoisotopic (exact) mass is 235 g/mol. The van der Waals surface area contributed by atoms with Gasteiger partial charge in [0.1, 0.15) is 0 Å². The zero-order chi connectivity index (χ0) is 13.0. The highest BCUT2D eigenvalue weighted by atomic mass is 16.2. The molecule has 1 atom stereocenters. The van der Waals surface area contributed by atoms with Crippen LogP contribution in [0.5, 0.6) is 0 Å². The van der Waals surface area contributed by atoms with E-state index in [9.17, 15) is 9.59 Å². The molecule has 2 amide bonds. The van der Waals surface area contributed by atoms with E-state index in [1.165, 1.54) is 0 Å². The summed E-state index contributed by atoms with van der Waals surface area (Å²) < 4.78 is 0. The summed E-state index contributed by atoms with van der Waals surface area (Å²) in [5.74, 6) is -0.886. The minimum absolute atomic E-state index is 0.0238. The minimum Gasteiger partial charge on any atom is -0.366 e. The lowest BCUT2D eigenvalue weighted by Crippen LogP contribution is -2.40. The third-order valence-electron chi connectivity index (χ3n) is 2.47. The molecule has 0 aliphatic heterocycles. The van der Waals surface area contributed by atoms with Crippen molar-refractivity contribution in [1.82, 2.24) is 0 Å². The first kappa shape index (κ1) is 13.2. The largest absolute Gasteiger partial charge is 0.366 e. The summed E-state index contributed by atoms with van der Waals surface area (Å²) >= 11 is 0. The number of hydrogen-bond donors (Lipinski definition) is 3. The molecule has 0 aliphatic carbocycles. The smallest absolute Gasteiger partial charge is 0.250 e. The predicted molar refractivity (Wildman–Crippen MR) is 66.4 cm³/mol.